The smallest absolute Gasteiger partial charge is 0.348 e. The number of amides is 1. The van der Waals surface area contributed by atoms with Crippen molar-refractivity contribution in [2.75, 3.05) is 32.2 Å². The summed E-state index contributed by atoms with van der Waals surface area (Å²) in [5, 5.41) is 12.0. The Hall–Kier alpha value is -3.63. The van der Waals surface area contributed by atoms with Crippen LogP contribution in [0.5, 0.6) is 5.75 Å². The molecule has 0 aliphatic rings. The second kappa shape index (κ2) is 11.4. The molecule has 0 saturated heterocycles. The Balaban J connectivity index is 1.97. The summed E-state index contributed by atoms with van der Waals surface area (Å²) < 4.78 is 15.3. The summed E-state index contributed by atoms with van der Waals surface area (Å²) in [5.41, 5.74) is 3.36. The maximum absolute atomic E-state index is 12.1. The number of methoxy groups -OCH3 is 1. The lowest BCUT2D eigenvalue weighted by Crippen LogP contribution is -2.20. The van der Waals surface area contributed by atoms with Gasteiger partial charge >= 0.3 is 5.97 Å². The molecule has 0 fully saturated rings. The van der Waals surface area contributed by atoms with Crippen LogP contribution in [0.2, 0.25) is 0 Å². The number of nitrogens with zero attached hydrogens (tertiary/aromatic N) is 1. The lowest BCUT2D eigenvalue weighted by molar-refractivity contribution is -0.139. The highest BCUT2D eigenvalue weighted by Gasteiger charge is 2.11. The molecule has 156 valence electrons. The van der Waals surface area contributed by atoms with E-state index in [9.17, 15) is 14.9 Å². The highest BCUT2D eigenvalue weighted by atomic mass is 16.6. The molecule has 0 aliphatic carbocycles. The first-order valence-electron chi connectivity index (χ1n) is 9.30. The number of ether oxygens (including phenoxy) is 3. The standard InChI is InChI=1S/C23H24N2O5/c1-16-7-8-20(11-17(16)2)25-22(26)15-30-21-6-4-5-18(13-21)12-19(14-24)23(27)29-10-9-28-3/h4-8,11-13H,9-10,15H2,1-3H3,(H,25,26). The third-order valence-electron chi connectivity index (χ3n) is 4.19. The number of hydrogen-bond acceptors (Lipinski definition) is 6. The largest absolute Gasteiger partial charge is 0.484 e. The average Bonchev–Trinajstić information content (AvgIpc) is 2.73. The Labute approximate surface area is 175 Å². The molecule has 2 aromatic rings. The van der Waals surface area contributed by atoms with Crippen molar-refractivity contribution in [2.24, 2.45) is 0 Å². The van der Waals surface area contributed by atoms with Gasteiger partial charge in [-0.1, -0.05) is 18.2 Å². The average molecular weight is 408 g/mol. The number of anilines is 1. The van der Waals surface area contributed by atoms with Crippen molar-refractivity contribution < 1.29 is 23.8 Å². The summed E-state index contributed by atoms with van der Waals surface area (Å²) in [6.45, 7) is 4.11. The van der Waals surface area contributed by atoms with Crippen LogP contribution in [0.15, 0.2) is 48.0 Å². The van der Waals surface area contributed by atoms with Gasteiger partial charge in [-0.05, 0) is 60.9 Å². The molecule has 0 spiro atoms. The monoisotopic (exact) mass is 408 g/mol. The van der Waals surface area contributed by atoms with Crippen molar-refractivity contribution in [3.63, 3.8) is 0 Å². The molecule has 0 unspecified atom stereocenters. The molecule has 2 rings (SSSR count). The molecule has 7 nitrogen and oxygen atoms in total. The number of carbonyl (C=O) groups excluding carboxylic acids is 2. The van der Waals surface area contributed by atoms with E-state index in [0.29, 0.717) is 17.0 Å². The third-order valence-corrected chi connectivity index (χ3v) is 4.19. The number of nitriles is 1. The quantitative estimate of drug-likeness (QED) is 0.296. The minimum Gasteiger partial charge on any atom is -0.484 e. The van der Waals surface area contributed by atoms with Crippen molar-refractivity contribution in [1.29, 1.82) is 5.26 Å². The molecule has 30 heavy (non-hydrogen) atoms. The van der Waals surface area contributed by atoms with Crippen LogP contribution in [0.4, 0.5) is 5.69 Å². The first kappa shape index (κ1) is 22.7. The van der Waals surface area contributed by atoms with E-state index in [2.05, 4.69) is 5.32 Å². The molecule has 0 bridgehead atoms. The summed E-state index contributed by atoms with van der Waals surface area (Å²) in [6.07, 6.45) is 1.40. The van der Waals surface area contributed by atoms with E-state index in [-0.39, 0.29) is 31.3 Å². The van der Waals surface area contributed by atoms with E-state index in [1.807, 2.05) is 38.1 Å². The number of aryl methyl sites for hydroxylation is 2. The molecule has 1 N–H and O–H groups in total. The molecule has 0 atom stereocenters. The number of rotatable bonds is 9. The topological polar surface area (TPSA) is 97.7 Å². The number of nitrogens with one attached hydrogen (secondary N) is 1. The van der Waals surface area contributed by atoms with Gasteiger partial charge in [0.25, 0.3) is 5.91 Å². The van der Waals surface area contributed by atoms with Crippen molar-refractivity contribution in [2.45, 2.75) is 13.8 Å². The van der Waals surface area contributed by atoms with Crippen LogP contribution < -0.4 is 10.1 Å². The minimum atomic E-state index is -0.728. The van der Waals surface area contributed by atoms with Gasteiger partial charge in [0, 0.05) is 12.8 Å². The number of carbonyl (C=O) groups is 2. The van der Waals surface area contributed by atoms with E-state index < -0.39 is 5.97 Å². The summed E-state index contributed by atoms with van der Waals surface area (Å²) in [5.74, 6) is -0.587. The van der Waals surface area contributed by atoms with Crippen molar-refractivity contribution >= 4 is 23.6 Å². The zero-order chi connectivity index (χ0) is 21.9. The second-order valence-electron chi connectivity index (χ2n) is 6.51. The predicted molar refractivity (Wildman–Crippen MR) is 113 cm³/mol. The van der Waals surface area contributed by atoms with Gasteiger partial charge < -0.3 is 19.5 Å². The molecule has 0 radical (unpaired) electrons. The molecule has 2 aromatic carbocycles. The Morgan fingerprint density at radius 3 is 2.60 bits per heavy atom. The number of benzene rings is 2. The van der Waals surface area contributed by atoms with Gasteiger partial charge in [0.15, 0.2) is 6.61 Å². The number of esters is 1. The molecule has 0 aromatic heterocycles. The molecule has 7 heteroatoms. The fraction of sp³-hybridized carbons (Fsp3) is 0.261. The van der Waals surface area contributed by atoms with Crippen LogP contribution in [0, 0.1) is 25.2 Å². The van der Waals surface area contributed by atoms with Crippen LogP contribution in [0.3, 0.4) is 0 Å². The normalized spacial score (nSPS) is 10.8. The Morgan fingerprint density at radius 1 is 1.10 bits per heavy atom. The van der Waals surface area contributed by atoms with Crippen LogP contribution >= 0.6 is 0 Å². The second-order valence-corrected chi connectivity index (χ2v) is 6.51. The highest BCUT2D eigenvalue weighted by Crippen LogP contribution is 2.17. The van der Waals surface area contributed by atoms with Crippen molar-refractivity contribution in [3.05, 3.63) is 64.7 Å². The zero-order valence-corrected chi connectivity index (χ0v) is 17.2. The predicted octanol–water partition coefficient (Wildman–Crippen LogP) is 3.42. The van der Waals surface area contributed by atoms with Crippen molar-refractivity contribution in [3.8, 4) is 11.8 Å². The van der Waals surface area contributed by atoms with E-state index in [0.717, 1.165) is 11.1 Å². The summed E-state index contributed by atoms with van der Waals surface area (Å²) in [6, 6.07) is 14.2. The van der Waals surface area contributed by atoms with Gasteiger partial charge in [0.1, 0.15) is 24.0 Å². The molecular formula is C23H24N2O5. The summed E-state index contributed by atoms with van der Waals surface area (Å²) in [4.78, 5) is 24.1. The third kappa shape index (κ3) is 7.08. The Kier molecular flexibility index (Phi) is 8.60. The lowest BCUT2D eigenvalue weighted by Gasteiger charge is -2.09. The molecular weight excluding hydrogens is 384 g/mol. The van der Waals surface area contributed by atoms with Gasteiger partial charge in [0.2, 0.25) is 0 Å². The Morgan fingerprint density at radius 2 is 1.90 bits per heavy atom. The Bertz CT molecular complexity index is 976. The van der Waals surface area contributed by atoms with E-state index in [1.165, 1.54) is 13.2 Å². The van der Waals surface area contributed by atoms with E-state index in [4.69, 9.17) is 14.2 Å². The fourth-order valence-electron chi connectivity index (χ4n) is 2.46. The SMILES string of the molecule is COCCOC(=O)C(C#N)=Cc1cccc(OCC(=O)Nc2ccc(C)c(C)c2)c1. The first-order chi connectivity index (χ1) is 14.4. The zero-order valence-electron chi connectivity index (χ0n) is 17.2. The highest BCUT2D eigenvalue weighted by molar-refractivity contribution is 5.98. The maximum Gasteiger partial charge on any atom is 0.348 e. The lowest BCUT2D eigenvalue weighted by atomic mass is 10.1. The first-order valence-corrected chi connectivity index (χ1v) is 9.30. The van der Waals surface area contributed by atoms with Crippen LogP contribution in [0.25, 0.3) is 6.08 Å². The molecule has 0 aliphatic heterocycles. The van der Waals surface area contributed by atoms with Crippen LogP contribution in [-0.4, -0.2) is 38.8 Å². The molecule has 0 saturated carbocycles. The van der Waals surface area contributed by atoms with E-state index in [1.54, 1.807) is 24.3 Å². The molecule has 1 amide bonds. The van der Waals surface area contributed by atoms with Gasteiger partial charge in [-0.2, -0.15) is 5.26 Å². The number of hydrogen-bond donors (Lipinski definition) is 1. The summed E-state index contributed by atoms with van der Waals surface area (Å²) >= 11 is 0. The van der Waals surface area contributed by atoms with Crippen LogP contribution in [0.1, 0.15) is 16.7 Å². The van der Waals surface area contributed by atoms with Crippen LogP contribution in [-0.2, 0) is 19.1 Å². The van der Waals surface area contributed by atoms with Gasteiger partial charge in [-0.15, -0.1) is 0 Å². The fourth-order valence-corrected chi connectivity index (χ4v) is 2.46. The van der Waals surface area contributed by atoms with Gasteiger partial charge in [0.05, 0.1) is 6.61 Å². The van der Waals surface area contributed by atoms with Gasteiger partial charge in [-0.3, -0.25) is 4.79 Å². The maximum atomic E-state index is 12.1. The molecule has 0 heterocycles. The summed E-state index contributed by atoms with van der Waals surface area (Å²) in [7, 11) is 1.49. The van der Waals surface area contributed by atoms with E-state index >= 15 is 0 Å². The van der Waals surface area contributed by atoms with Crippen molar-refractivity contribution in [1.82, 2.24) is 0 Å². The van der Waals surface area contributed by atoms with Gasteiger partial charge in [-0.25, -0.2) is 4.79 Å². The minimum absolute atomic E-state index is 0.0626.